The van der Waals surface area contributed by atoms with E-state index in [1.807, 2.05) is 22.9 Å². The van der Waals surface area contributed by atoms with E-state index in [2.05, 4.69) is 24.2 Å². The fourth-order valence-electron chi connectivity index (χ4n) is 1.46. The number of rotatable bonds is 2. The summed E-state index contributed by atoms with van der Waals surface area (Å²) in [5, 5.41) is 8.86. The van der Waals surface area contributed by atoms with Crippen LogP contribution < -0.4 is 0 Å². The van der Waals surface area contributed by atoms with Gasteiger partial charge in [-0.25, -0.2) is 4.68 Å². The second-order valence-electron chi connectivity index (χ2n) is 3.77. The van der Waals surface area contributed by atoms with E-state index in [4.69, 9.17) is 11.6 Å². The van der Waals surface area contributed by atoms with Gasteiger partial charge < -0.3 is 0 Å². The molecule has 1 heterocycles. The third kappa shape index (κ3) is 1.60. The minimum atomic E-state index is 0.538. The monoisotopic (exact) mass is 209 g/mol. The molecule has 0 unspecified atom stereocenters. The van der Waals surface area contributed by atoms with Gasteiger partial charge in [-0.15, -0.1) is 5.10 Å². The first-order valence-corrected chi connectivity index (χ1v) is 5.04. The second kappa shape index (κ2) is 3.58. The Morgan fingerprint density at radius 1 is 1.43 bits per heavy atom. The Morgan fingerprint density at radius 2 is 2.21 bits per heavy atom. The zero-order valence-corrected chi connectivity index (χ0v) is 8.99. The van der Waals surface area contributed by atoms with Crippen molar-refractivity contribution in [1.82, 2.24) is 15.0 Å². The molecule has 2 rings (SSSR count). The van der Waals surface area contributed by atoms with Crippen LogP contribution in [0.4, 0.5) is 0 Å². The van der Waals surface area contributed by atoms with Gasteiger partial charge in [0, 0.05) is 6.54 Å². The molecule has 0 aliphatic heterocycles. The quantitative estimate of drug-likeness (QED) is 0.762. The Morgan fingerprint density at radius 3 is 2.93 bits per heavy atom. The fourth-order valence-corrected chi connectivity index (χ4v) is 1.73. The van der Waals surface area contributed by atoms with Crippen LogP contribution in [0.25, 0.3) is 11.0 Å². The van der Waals surface area contributed by atoms with Gasteiger partial charge in [0.2, 0.25) is 0 Å². The number of fused-ring (bicyclic) bond motifs is 1. The highest BCUT2D eigenvalue weighted by Gasteiger charge is 2.08. The minimum Gasteiger partial charge on any atom is -0.243 e. The number of para-hydroxylation sites is 1. The van der Waals surface area contributed by atoms with Gasteiger partial charge in [0.25, 0.3) is 0 Å². The van der Waals surface area contributed by atoms with Crippen LogP contribution in [0, 0.1) is 5.92 Å². The van der Waals surface area contributed by atoms with E-state index in [0.717, 1.165) is 17.6 Å². The third-order valence-corrected chi connectivity index (χ3v) is 2.33. The third-order valence-electron chi connectivity index (χ3n) is 2.02. The summed E-state index contributed by atoms with van der Waals surface area (Å²) < 4.78 is 1.86. The number of benzene rings is 1. The van der Waals surface area contributed by atoms with Crippen LogP contribution in [-0.2, 0) is 6.54 Å². The molecule has 1 aromatic heterocycles. The summed E-state index contributed by atoms with van der Waals surface area (Å²) in [6.07, 6.45) is 0. The van der Waals surface area contributed by atoms with Crippen molar-refractivity contribution < 1.29 is 0 Å². The van der Waals surface area contributed by atoms with Crippen molar-refractivity contribution >= 4 is 22.6 Å². The molecule has 0 saturated heterocycles. The fraction of sp³-hybridized carbons (Fsp3) is 0.400. The summed E-state index contributed by atoms with van der Waals surface area (Å²) in [5.41, 5.74) is 1.79. The lowest BCUT2D eigenvalue weighted by Gasteiger charge is -2.05. The Labute approximate surface area is 87.7 Å². The Hall–Kier alpha value is -1.09. The number of hydrogen-bond acceptors (Lipinski definition) is 2. The van der Waals surface area contributed by atoms with Crippen LogP contribution in [0.2, 0.25) is 5.02 Å². The number of hydrogen-bond donors (Lipinski definition) is 0. The van der Waals surface area contributed by atoms with Crippen LogP contribution in [0.5, 0.6) is 0 Å². The highest BCUT2D eigenvalue weighted by atomic mass is 35.5. The molecule has 4 heteroatoms. The molecule has 0 aliphatic rings. The van der Waals surface area contributed by atoms with Gasteiger partial charge in [-0.05, 0) is 18.1 Å². The molecule has 0 saturated carbocycles. The summed E-state index contributed by atoms with van der Waals surface area (Å²) in [6, 6.07) is 5.67. The first-order chi connectivity index (χ1) is 6.68. The van der Waals surface area contributed by atoms with Crippen molar-refractivity contribution in [3.05, 3.63) is 23.2 Å². The maximum Gasteiger partial charge on any atom is 0.114 e. The molecule has 0 amide bonds. The van der Waals surface area contributed by atoms with Gasteiger partial charge in [-0.1, -0.05) is 36.7 Å². The first-order valence-electron chi connectivity index (χ1n) is 4.66. The van der Waals surface area contributed by atoms with E-state index in [1.54, 1.807) is 0 Å². The van der Waals surface area contributed by atoms with Gasteiger partial charge in [0.1, 0.15) is 11.0 Å². The topological polar surface area (TPSA) is 30.7 Å². The van der Waals surface area contributed by atoms with Gasteiger partial charge >= 0.3 is 0 Å². The van der Waals surface area contributed by atoms with Crippen LogP contribution in [-0.4, -0.2) is 15.0 Å². The molecule has 0 radical (unpaired) electrons. The minimum absolute atomic E-state index is 0.538. The summed E-state index contributed by atoms with van der Waals surface area (Å²) in [7, 11) is 0. The van der Waals surface area contributed by atoms with Crippen molar-refractivity contribution in [3.8, 4) is 0 Å². The lowest BCUT2D eigenvalue weighted by atomic mass is 10.2. The largest absolute Gasteiger partial charge is 0.243 e. The summed E-state index contributed by atoms with van der Waals surface area (Å²) in [4.78, 5) is 0. The maximum atomic E-state index is 6.09. The van der Waals surface area contributed by atoms with Crippen molar-refractivity contribution in [2.24, 2.45) is 5.92 Å². The molecule has 0 aliphatic carbocycles. The van der Waals surface area contributed by atoms with Gasteiger partial charge in [-0.3, -0.25) is 0 Å². The predicted molar refractivity (Wildman–Crippen MR) is 57.4 cm³/mol. The van der Waals surface area contributed by atoms with E-state index in [0.29, 0.717) is 10.9 Å². The van der Waals surface area contributed by atoms with E-state index in [-0.39, 0.29) is 0 Å². The molecule has 0 fully saturated rings. The summed E-state index contributed by atoms with van der Waals surface area (Å²) >= 11 is 6.09. The highest BCUT2D eigenvalue weighted by molar-refractivity contribution is 6.34. The molecule has 14 heavy (non-hydrogen) atoms. The van der Waals surface area contributed by atoms with Gasteiger partial charge in [0.05, 0.1) is 5.02 Å². The lowest BCUT2D eigenvalue weighted by Crippen LogP contribution is -2.06. The molecular weight excluding hydrogens is 198 g/mol. The van der Waals surface area contributed by atoms with Crippen LogP contribution in [0.3, 0.4) is 0 Å². The van der Waals surface area contributed by atoms with Gasteiger partial charge in [0.15, 0.2) is 0 Å². The lowest BCUT2D eigenvalue weighted by molar-refractivity contribution is 0.483. The van der Waals surface area contributed by atoms with Crippen molar-refractivity contribution in [2.75, 3.05) is 0 Å². The first kappa shape index (κ1) is 9.46. The summed E-state index contributed by atoms with van der Waals surface area (Å²) in [6.45, 7) is 5.13. The average Bonchev–Trinajstić information content (AvgIpc) is 2.49. The van der Waals surface area contributed by atoms with Crippen molar-refractivity contribution in [1.29, 1.82) is 0 Å². The Bertz CT molecular complexity index is 448. The van der Waals surface area contributed by atoms with Crippen molar-refractivity contribution in [3.63, 3.8) is 0 Å². The van der Waals surface area contributed by atoms with E-state index >= 15 is 0 Å². The average molecular weight is 210 g/mol. The highest BCUT2D eigenvalue weighted by Crippen LogP contribution is 2.21. The van der Waals surface area contributed by atoms with E-state index in [9.17, 15) is 0 Å². The molecule has 0 N–H and O–H groups in total. The molecule has 0 spiro atoms. The molecule has 2 aromatic rings. The standard InChI is InChI=1S/C10H12ClN3/c1-7(2)6-14-10-8(11)4-3-5-9(10)12-13-14/h3-5,7H,6H2,1-2H3. The second-order valence-corrected chi connectivity index (χ2v) is 4.18. The van der Waals surface area contributed by atoms with Crippen molar-refractivity contribution in [2.45, 2.75) is 20.4 Å². The Balaban J connectivity index is 2.55. The van der Waals surface area contributed by atoms with E-state index in [1.165, 1.54) is 0 Å². The molecule has 0 bridgehead atoms. The molecule has 0 atom stereocenters. The Kier molecular flexibility index (Phi) is 2.42. The molecule has 1 aromatic carbocycles. The molecular formula is C10H12ClN3. The maximum absolute atomic E-state index is 6.09. The van der Waals surface area contributed by atoms with Crippen LogP contribution in [0.15, 0.2) is 18.2 Å². The normalized spacial score (nSPS) is 11.4. The number of nitrogens with zero attached hydrogens (tertiary/aromatic N) is 3. The smallest absolute Gasteiger partial charge is 0.114 e. The van der Waals surface area contributed by atoms with Gasteiger partial charge in [-0.2, -0.15) is 0 Å². The SMILES string of the molecule is CC(C)Cn1nnc2cccc(Cl)c21. The zero-order valence-electron chi connectivity index (χ0n) is 8.24. The summed E-state index contributed by atoms with van der Waals surface area (Å²) in [5.74, 6) is 0.538. The number of aromatic nitrogens is 3. The zero-order chi connectivity index (χ0) is 10.1. The van der Waals surface area contributed by atoms with Crippen LogP contribution in [0.1, 0.15) is 13.8 Å². The molecule has 74 valence electrons. The number of halogens is 1. The predicted octanol–water partition coefficient (Wildman–Crippen LogP) is 2.74. The van der Waals surface area contributed by atoms with Crippen LogP contribution >= 0.6 is 11.6 Å². The molecule has 3 nitrogen and oxygen atoms in total. The van der Waals surface area contributed by atoms with E-state index < -0.39 is 0 Å².